The summed E-state index contributed by atoms with van der Waals surface area (Å²) in [6.45, 7) is 3.40. The Kier molecular flexibility index (Phi) is 7.06. The Balaban J connectivity index is 1.34. The van der Waals surface area contributed by atoms with Gasteiger partial charge in [-0.1, -0.05) is 18.2 Å². The van der Waals surface area contributed by atoms with Crippen molar-refractivity contribution >= 4 is 11.3 Å². The topological polar surface area (TPSA) is 32.7 Å². The third-order valence-electron chi connectivity index (χ3n) is 6.64. The van der Waals surface area contributed by atoms with Gasteiger partial charge in [0.1, 0.15) is 0 Å². The number of ether oxygens (including phenoxy) is 1. The van der Waals surface area contributed by atoms with Gasteiger partial charge in [0.25, 0.3) is 0 Å². The molecule has 4 rings (SSSR count). The molecule has 2 aliphatic rings. The number of rotatable bonds is 6. The van der Waals surface area contributed by atoms with Crippen LogP contribution in [0.25, 0.3) is 0 Å². The van der Waals surface area contributed by atoms with Gasteiger partial charge in [-0.2, -0.15) is 13.2 Å². The van der Waals surface area contributed by atoms with Crippen LogP contribution in [0, 0.1) is 5.41 Å². The summed E-state index contributed by atoms with van der Waals surface area (Å²) in [6, 6.07) is 9.90. The highest BCUT2D eigenvalue weighted by Crippen LogP contribution is 2.38. The highest BCUT2D eigenvalue weighted by molar-refractivity contribution is 7.12. The summed E-state index contributed by atoms with van der Waals surface area (Å²) >= 11 is 1.82. The van der Waals surface area contributed by atoms with Crippen LogP contribution in [-0.4, -0.2) is 36.3 Å². The van der Waals surface area contributed by atoms with Crippen molar-refractivity contribution in [1.82, 2.24) is 4.90 Å². The Morgan fingerprint density at radius 1 is 1.13 bits per heavy atom. The zero-order chi connectivity index (χ0) is 21.9. The average molecular weight is 454 g/mol. The molecule has 7 heteroatoms. The fourth-order valence-electron chi connectivity index (χ4n) is 4.70. The Morgan fingerprint density at radius 3 is 2.61 bits per heavy atom. The number of aliphatic hydroxyl groups excluding tert-OH is 1. The first kappa shape index (κ1) is 22.8. The predicted octanol–water partition coefficient (Wildman–Crippen LogP) is 5.83. The van der Waals surface area contributed by atoms with Crippen molar-refractivity contribution < 1.29 is 23.0 Å². The summed E-state index contributed by atoms with van der Waals surface area (Å²) in [4.78, 5) is 5.01. The first-order valence-corrected chi connectivity index (χ1v) is 11.9. The minimum Gasteiger partial charge on any atom is -0.396 e. The monoisotopic (exact) mass is 453 g/mol. The molecule has 0 unspecified atom stereocenters. The van der Waals surface area contributed by atoms with E-state index in [-0.39, 0.29) is 18.1 Å². The zero-order valence-corrected chi connectivity index (χ0v) is 18.5. The maximum Gasteiger partial charge on any atom is 0.416 e. The van der Waals surface area contributed by atoms with Crippen LogP contribution in [0.3, 0.4) is 0 Å². The number of likely N-dealkylation sites (tertiary alicyclic amines) is 1. The van der Waals surface area contributed by atoms with E-state index in [2.05, 4.69) is 17.0 Å². The summed E-state index contributed by atoms with van der Waals surface area (Å²) in [5.74, 6) is 0. The van der Waals surface area contributed by atoms with Crippen molar-refractivity contribution in [3.63, 3.8) is 0 Å². The highest BCUT2D eigenvalue weighted by atomic mass is 32.1. The van der Waals surface area contributed by atoms with Gasteiger partial charge in [-0.15, -0.1) is 11.3 Å². The lowest BCUT2D eigenvalue weighted by molar-refractivity contribution is -0.137. The Hall–Kier alpha value is -1.41. The molecule has 170 valence electrons. The smallest absolute Gasteiger partial charge is 0.396 e. The molecule has 2 saturated heterocycles. The molecule has 0 bridgehead atoms. The molecule has 2 aromatic rings. The van der Waals surface area contributed by atoms with E-state index in [0.717, 1.165) is 58.0 Å². The minimum absolute atomic E-state index is 0.000740. The molecule has 0 amide bonds. The van der Waals surface area contributed by atoms with E-state index in [9.17, 15) is 18.3 Å². The fraction of sp³-hybridized carbons (Fsp3) is 0.583. The van der Waals surface area contributed by atoms with Crippen molar-refractivity contribution in [2.45, 2.75) is 57.3 Å². The van der Waals surface area contributed by atoms with Crippen molar-refractivity contribution in [3.8, 4) is 0 Å². The van der Waals surface area contributed by atoms with Crippen molar-refractivity contribution in [1.29, 1.82) is 0 Å². The number of alkyl halides is 3. The molecular weight excluding hydrogens is 423 g/mol. The molecule has 1 N–H and O–H groups in total. The molecule has 0 spiro atoms. The maximum atomic E-state index is 13.0. The third-order valence-corrected chi connectivity index (χ3v) is 7.81. The van der Waals surface area contributed by atoms with Crippen LogP contribution in [0.2, 0.25) is 0 Å². The summed E-state index contributed by atoms with van der Waals surface area (Å²) < 4.78 is 45.0. The molecule has 31 heavy (non-hydrogen) atoms. The molecule has 0 radical (unpaired) electrons. The SMILES string of the molecule is OCC1(Cc2cccc(C(F)(F)F)c2)CCN(Cc2ccc([C@H]3CCCCO3)s2)CC1. The van der Waals surface area contributed by atoms with Crippen LogP contribution in [0.15, 0.2) is 36.4 Å². The van der Waals surface area contributed by atoms with E-state index in [1.54, 1.807) is 6.07 Å². The van der Waals surface area contributed by atoms with Gasteiger partial charge in [0.15, 0.2) is 0 Å². The van der Waals surface area contributed by atoms with Crippen LogP contribution in [0.5, 0.6) is 0 Å². The van der Waals surface area contributed by atoms with E-state index in [1.165, 1.54) is 28.3 Å². The first-order chi connectivity index (χ1) is 14.9. The van der Waals surface area contributed by atoms with Gasteiger partial charge in [0.05, 0.1) is 11.7 Å². The number of piperidine rings is 1. The van der Waals surface area contributed by atoms with Gasteiger partial charge >= 0.3 is 6.18 Å². The van der Waals surface area contributed by atoms with Gasteiger partial charge in [-0.25, -0.2) is 0 Å². The highest BCUT2D eigenvalue weighted by Gasteiger charge is 2.36. The van der Waals surface area contributed by atoms with Crippen molar-refractivity contribution in [2.24, 2.45) is 5.41 Å². The molecule has 2 fully saturated rings. The van der Waals surface area contributed by atoms with E-state index in [1.807, 2.05) is 11.3 Å². The second-order valence-corrected chi connectivity index (χ2v) is 10.2. The number of halogens is 3. The van der Waals surface area contributed by atoms with E-state index < -0.39 is 11.7 Å². The molecule has 1 aromatic carbocycles. The Bertz CT molecular complexity index is 853. The first-order valence-electron chi connectivity index (χ1n) is 11.1. The number of aliphatic hydroxyl groups is 1. The molecule has 1 aromatic heterocycles. The predicted molar refractivity (Wildman–Crippen MR) is 116 cm³/mol. The van der Waals surface area contributed by atoms with Gasteiger partial charge in [-0.3, -0.25) is 4.90 Å². The summed E-state index contributed by atoms with van der Waals surface area (Å²) in [7, 11) is 0. The summed E-state index contributed by atoms with van der Waals surface area (Å²) in [6.07, 6.45) is 1.40. The molecular formula is C24H30F3NO2S. The van der Waals surface area contributed by atoms with Crippen LogP contribution < -0.4 is 0 Å². The average Bonchev–Trinajstić information content (AvgIpc) is 3.24. The van der Waals surface area contributed by atoms with Crippen LogP contribution in [-0.2, 0) is 23.9 Å². The Labute approximate surface area is 185 Å². The summed E-state index contributed by atoms with van der Waals surface area (Å²) in [5.41, 5.74) is -0.323. The molecule has 2 aliphatic heterocycles. The maximum absolute atomic E-state index is 13.0. The van der Waals surface area contributed by atoms with Crippen LogP contribution in [0.4, 0.5) is 13.2 Å². The molecule has 3 nitrogen and oxygen atoms in total. The van der Waals surface area contributed by atoms with Gasteiger partial charge in [0.2, 0.25) is 0 Å². The lowest BCUT2D eigenvalue weighted by atomic mass is 9.74. The standard InChI is InChI=1S/C24H30F3NO2S/c25-24(26,27)19-5-3-4-18(14-19)15-23(17-29)9-11-28(12-10-23)16-20-7-8-22(31-20)21-6-1-2-13-30-21/h3-5,7-8,14,21,29H,1-2,6,9-13,15-17H2/t21-/m1/s1. The van der Waals surface area contributed by atoms with Gasteiger partial charge in [-0.05, 0) is 80.8 Å². The quantitative estimate of drug-likeness (QED) is 0.598. The lowest BCUT2D eigenvalue weighted by Crippen LogP contribution is -2.42. The molecule has 1 atom stereocenters. The van der Waals surface area contributed by atoms with Crippen LogP contribution in [0.1, 0.15) is 59.1 Å². The van der Waals surface area contributed by atoms with Crippen molar-refractivity contribution in [3.05, 3.63) is 57.3 Å². The number of benzene rings is 1. The van der Waals surface area contributed by atoms with E-state index >= 15 is 0 Å². The summed E-state index contributed by atoms with van der Waals surface area (Å²) in [5, 5.41) is 10.1. The van der Waals surface area contributed by atoms with Gasteiger partial charge in [0, 0.05) is 29.5 Å². The fourth-order valence-corrected chi connectivity index (χ4v) is 5.84. The molecule has 0 saturated carbocycles. The van der Waals surface area contributed by atoms with Crippen LogP contribution >= 0.6 is 11.3 Å². The van der Waals surface area contributed by atoms with E-state index in [4.69, 9.17) is 4.74 Å². The largest absolute Gasteiger partial charge is 0.416 e. The number of nitrogens with zero attached hydrogens (tertiary/aromatic N) is 1. The number of hydrogen-bond donors (Lipinski definition) is 1. The van der Waals surface area contributed by atoms with E-state index in [0.29, 0.717) is 12.0 Å². The number of thiophene rings is 1. The lowest BCUT2D eigenvalue weighted by Gasteiger charge is -2.41. The second-order valence-electron chi connectivity index (χ2n) is 8.97. The normalized spacial score (nSPS) is 22.5. The molecule has 3 heterocycles. The second kappa shape index (κ2) is 9.61. The van der Waals surface area contributed by atoms with Crippen molar-refractivity contribution in [2.75, 3.05) is 26.3 Å². The Morgan fingerprint density at radius 2 is 1.94 bits per heavy atom. The minimum atomic E-state index is -4.34. The zero-order valence-electron chi connectivity index (χ0n) is 17.7. The third kappa shape index (κ3) is 5.69. The van der Waals surface area contributed by atoms with Gasteiger partial charge < -0.3 is 9.84 Å². The molecule has 0 aliphatic carbocycles. The number of hydrogen-bond acceptors (Lipinski definition) is 4.